The first-order valence-electron chi connectivity index (χ1n) is 7.53. The topological polar surface area (TPSA) is 39.1 Å². The van der Waals surface area contributed by atoms with Crippen molar-refractivity contribution in [1.82, 2.24) is 15.1 Å². The van der Waals surface area contributed by atoms with Gasteiger partial charge in [-0.2, -0.15) is 5.10 Å². The Balaban J connectivity index is 2.19. The largest absolute Gasteiger partial charge is 0.374 e. The Morgan fingerprint density at radius 1 is 1.55 bits per heavy atom. The Hall–Kier alpha value is -0.580. The van der Waals surface area contributed by atoms with Crippen LogP contribution in [0.25, 0.3) is 0 Å². The van der Waals surface area contributed by atoms with Crippen LogP contribution in [0.4, 0.5) is 0 Å². The van der Waals surface area contributed by atoms with Crippen molar-refractivity contribution in [1.29, 1.82) is 0 Å². The lowest BCUT2D eigenvalue weighted by molar-refractivity contribution is -0.0114. The molecule has 0 spiro atoms. The summed E-state index contributed by atoms with van der Waals surface area (Å²) in [6.45, 7) is 8.29. The van der Waals surface area contributed by atoms with E-state index in [0.29, 0.717) is 0 Å². The summed E-state index contributed by atoms with van der Waals surface area (Å²) >= 11 is 6.38. The van der Waals surface area contributed by atoms with Crippen LogP contribution < -0.4 is 5.32 Å². The maximum absolute atomic E-state index is 6.38. The fourth-order valence-corrected chi connectivity index (χ4v) is 3.26. The van der Waals surface area contributed by atoms with Gasteiger partial charge < -0.3 is 10.1 Å². The lowest BCUT2D eigenvalue weighted by atomic mass is 9.88. The fraction of sp³-hybridized carbons (Fsp3) is 0.800. The number of hydrogen-bond donors (Lipinski definition) is 1. The van der Waals surface area contributed by atoms with Gasteiger partial charge in [0.1, 0.15) is 5.15 Å². The molecule has 2 unspecified atom stereocenters. The van der Waals surface area contributed by atoms with E-state index in [0.717, 1.165) is 55.2 Å². The van der Waals surface area contributed by atoms with E-state index in [1.165, 1.54) is 0 Å². The molecule has 2 heterocycles. The second-order valence-corrected chi connectivity index (χ2v) is 6.31. The molecule has 2 atom stereocenters. The summed E-state index contributed by atoms with van der Waals surface area (Å²) in [6, 6.07) is 0.283. The molecule has 0 amide bonds. The molecule has 0 bridgehead atoms. The number of ether oxygens (including phenoxy) is 1. The van der Waals surface area contributed by atoms with Crippen LogP contribution in [0.5, 0.6) is 0 Å². The van der Waals surface area contributed by atoms with Gasteiger partial charge in [-0.05, 0) is 46.1 Å². The average Bonchev–Trinajstić information content (AvgIpc) is 2.94. The third-order valence-corrected chi connectivity index (χ3v) is 4.78. The molecule has 0 saturated carbocycles. The minimum absolute atomic E-state index is 0.0964. The Kier molecular flexibility index (Phi) is 5.10. The zero-order chi connectivity index (χ0) is 14.8. The second-order valence-electron chi connectivity index (χ2n) is 5.95. The molecule has 0 radical (unpaired) electrons. The average molecular weight is 300 g/mol. The zero-order valence-corrected chi connectivity index (χ0v) is 13.8. The van der Waals surface area contributed by atoms with E-state index in [2.05, 4.69) is 24.3 Å². The molecule has 20 heavy (non-hydrogen) atoms. The Morgan fingerprint density at radius 2 is 2.30 bits per heavy atom. The highest BCUT2D eigenvalue weighted by Gasteiger charge is 2.38. The fourth-order valence-electron chi connectivity index (χ4n) is 3.01. The van der Waals surface area contributed by atoms with Crippen LogP contribution in [-0.2, 0) is 18.2 Å². The van der Waals surface area contributed by atoms with Crippen molar-refractivity contribution < 1.29 is 4.74 Å². The summed E-state index contributed by atoms with van der Waals surface area (Å²) in [5.74, 6) is 0. The molecule has 5 heteroatoms. The van der Waals surface area contributed by atoms with E-state index >= 15 is 0 Å². The lowest BCUT2D eigenvalue weighted by Crippen LogP contribution is -2.50. The number of rotatable bonds is 6. The van der Waals surface area contributed by atoms with Crippen LogP contribution in [0.3, 0.4) is 0 Å². The first-order chi connectivity index (χ1) is 9.48. The van der Waals surface area contributed by atoms with Gasteiger partial charge in [-0.1, -0.05) is 18.5 Å². The van der Waals surface area contributed by atoms with Gasteiger partial charge in [0.2, 0.25) is 0 Å². The summed E-state index contributed by atoms with van der Waals surface area (Å²) in [5.41, 5.74) is 2.06. The normalized spacial score (nSPS) is 24.2. The van der Waals surface area contributed by atoms with Crippen LogP contribution in [0, 0.1) is 6.92 Å². The Labute approximate surface area is 126 Å². The standard InChI is InChI=1S/C15H26ClN3O/c1-5-8-17-13(15(3)7-6-9-20-15)10-12-11(2)18-19(4)14(12)16/h13,17H,5-10H2,1-4H3. The number of nitrogens with zero attached hydrogens (tertiary/aromatic N) is 2. The van der Waals surface area contributed by atoms with Crippen molar-refractivity contribution in [3.63, 3.8) is 0 Å². The van der Waals surface area contributed by atoms with E-state index in [1.54, 1.807) is 4.68 Å². The maximum atomic E-state index is 6.38. The highest BCUT2D eigenvalue weighted by molar-refractivity contribution is 6.30. The molecular formula is C15H26ClN3O. The van der Waals surface area contributed by atoms with E-state index in [-0.39, 0.29) is 11.6 Å². The summed E-state index contributed by atoms with van der Waals surface area (Å²) in [7, 11) is 1.89. The molecule has 0 aromatic carbocycles. The van der Waals surface area contributed by atoms with Crippen LogP contribution in [0.1, 0.15) is 44.4 Å². The molecule has 4 nitrogen and oxygen atoms in total. The number of aryl methyl sites for hydroxylation is 2. The first kappa shape index (κ1) is 15.8. The molecule has 1 fully saturated rings. The Morgan fingerprint density at radius 3 is 2.80 bits per heavy atom. The third-order valence-electron chi connectivity index (χ3n) is 4.31. The summed E-state index contributed by atoms with van der Waals surface area (Å²) < 4.78 is 7.78. The van der Waals surface area contributed by atoms with Gasteiger partial charge in [-0.15, -0.1) is 0 Å². The number of hydrogen-bond acceptors (Lipinski definition) is 3. The zero-order valence-electron chi connectivity index (χ0n) is 13.0. The molecule has 1 saturated heterocycles. The lowest BCUT2D eigenvalue weighted by Gasteiger charge is -2.34. The predicted molar refractivity (Wildman–Crippen MR) is 82.3 cm³/mol. The van der Waals surface area contributed by atoms with Gasteiger partial charge in [0.15, 0.2) is 0 Å². The van der Waals surface area contributed by atoms with E-state index in [1.807, 2.05) is 14.0 Å². The molecule has 1 aliphatic rings. The SMILES string of the molecule is CCCNC(Cc1c(C)nn(C)c1Cl)C1(C)CCCO1. The van der Waals surface area contributed by atoms with Crippen molar-refractivity contribution in [2.45, 2.75) is 58.1 Å². The van der Waals surface area contributed by atoms with E-state index in [9.17, 15) is 0 Å². The van der Waals surface area contributed by atoms with Crippen molar-refractivity contribution in [2.75, 3.05) is 13.2 Å². The molecule has 0 aliphatic carbocycles. The van der Waals surface area contributed by atoms with Gasteiger partial charge in [0.05, 0.1) is 11.3 Å². The summed E-state index contributed by atoms with van der Waals surface area (Å²) in [4.78, 5) is 0. The van der Waals surface area contributed by atoms with Crippen LogP contribution in [-0.4, -0.2) is 34.6 Å². The van der Waals surface area contributed by atoms with Crippen molar-refractivity contribution in [3.05, 3.63) is 16.4 Å². The second kappa shape index (κ2) is 6.46. The summed E-state index contributed by atoms with van der Waals surface area (Å²) in [5, 5.41) is 8.80. The molecule has 2 rings (SSSR count). The monoisotopic (exact) mass is 299 g/mol. The van der Waals surface area contributed by atoms with Crippen LogP contribution in [0.2, 0.25) is 5.15 Å². The van der Waals surface area contributed by atoms with Crippen molar-refractivity contribution >= 4 is 11.6 Å². The minimum Gasteiger partial charge on any atom is -0.374 e. The maximum Gasteiger partial charge on any atom is 0.130 e. The van der Waals surface area contributed by atoms with Crippen molar-refractivity contribution in [2.24, 2.45) is 7.05 Å². The van der Waals surface area contributed by atoms with Gasteiger partial charge in [-0.25, -0.2) is 0 Å². The van der Waals surface area contributed by atoms with Gasteiger partial charge >= 0.3 is 0 Å². The van der Waals surface area contributed by atoms with Gasteiger partial charge in [-0.3, -0.25) is 4.68 Å². The molecule has 1 aromatic heterocycles. The quantitative estimate of drug-likeness (QED) is 0.878. The number of halogens is 1. The van der Waals surface area contributed by atoms with Crippen LogP contribution >= 0.6 is 11.6 Å². The number of aromatic nitrogens is 2. The molecule has 1 aliphatic heterocycles. The van der Waals surface area contributed by atoms with E-state index < -0.39 is 0 Å². The highest BCUT2D eigenvalue weighted by atomic mass is 35.5. The van der Waals surface area contributed by atoms with Gasteiger partial charge in [0, 0.05) is 25.3 Å². The van der Waals surface area contributed by atoms with Crippen molar-refractivity contribution in [3.8, 4) is 0 Å². The molecule has 114 valence electrons. The molecular weight excluding hydrogens is 274 g/mol. The van der Waals surface area contributed by atoms with E-state index in [4.69, 9.17) is 16.3 Å². The minimum atomic E-state index is -0.0964. The predicted octanol–water partition coefficient (Wildman–Crippen LogP) is 2.86. The first-order valence-corrected chi connectivity index (χ1v) is 7.91. The Bertz CT molecular complexity index is 452. The van der Waals surface area contributed by atoms with Gasteiger partial charge in [0.25, 0.3) is 0 Å². The highest BCUT2D eigenvalue weighted by Crippen LogP contribution is 2.32. The summed E-state index contributed by atoms with van der Waals surface area (Å²) in [6.07, 6.45) is 4.23. The number of nitrogens with one attached hydrogen (secondary N) is 1. The molecule has 1 N–H and O–H groups in total. The van der Waals surface area contributed by atoms with Crippen LogP contribution in [0.15, 0.2) is 0 Å². The molecule has 1 aromatic rings. The third kappa shape index (κ3) is 3.18. The smallest absolute Gasteiger partial charge is 0.130 e.